The summed E-state index contributed by atoms with van der Waals surface area (Å²) in [5.74, 6) is -0.668. The van der Waals surface area contributed by atoms with Crippen LogP contribution in [0.25, 0.3) is 10.8 Å². The first-order valence-electron chi connectivity index (χ1n) is 11.9. The number of nitrogens with zero attached hydrogens (tertiary/aromatic N) is 1. The highest BCUT2D eigenvalue weighted by Gasteiger charge is 2.39. The van der Waals surface area contributed by atoms with Gasteiger partial charge in [-0.1, -0.05) is 43.5 Å². The highest BCUT2D eigenvalue weighted by atomic mass is 19.4. The highest BCUT2D eigenvalue weighted by Crippen LogP contribution is 2.37. The van der Waals surface area contributed by atoms with Gasteiger partial charge in [0, 0.05) is 11.9 Å². The summed E-state index contributed by atoms with van der Waals surface area (Å²) in [5.41, 5.74) is 1.23. The maximum atomic E-state index is 11.9. The zero-order chi connectivity index (χ0) is 23.8. The molecule has 4 rings (SSSR count). The number of likely N-dealkylation sites (tertiary alicyclic amines) is 1. The van der Waals surface area contributed by atoms with Gasteiger partial charge in [0.1, 0.15) is 5.75 Å². The number of alkyl halides is 3. The number of phenolic OH excluding ortho intramolecular Hbond substituents is 1. The zero-order valence-electron chi connectivity index (χ0n) is 19.2. The molecule has 0 bridgehead atoms. The number of phenols is 1. The van der Waals surface area contributed by atoms with Crippen molar-refractivity contribution in [2.24, 2.45) is 11.8 Å². The van der Waals surface area contributed by atoms with Crippen LogP contribution in [-0.2, 0) is 16.1 Å². The fraction of sp³-hybridized carbons (Fsp3) is 0.577. The van der Waals surface area contributed by atoms with Gasteiger partial charge in [0.25, 0.3) is 0 Å². The van der Waals surface area contributed by atoms with E-state index < -0.39 is 12.1 Å². The van der Waals surface area contributed by atoms with Gasteiger partial charge in [-0.3, -0.25) is 9.69 Å². The largest absolute Gasteiger partial charge is 0.507 e. The molecule has 2 fully saturated rings. The molecule has 33 heavy (non-hydrogen) atoms. The molecule has 1 saturated carbocycles. The van der Waals surface area contributed by atoms with Crippen LogP contribution >= 0.6 is 0 Å². The Hall–Kier alpha value is -2.28. The van der Waals surface area contributed by atoms with Gasteiger partial charge in [0.05, 0.1) is 18.4 Å². The summed E-state index contributed by atoms with van der Waals surface area (Å²) in [6.45, 7) is 5.03. The SMILES string of the molecule is CCOC(=O)C1CCN(Cc2ccc3c(O)cccc3c2)CC1.FC(F)(F)C1CCCCC1. The lowest BCUT2D eigenvalue weighted by Gasteiger charge is -2.30. The van der Waals surface area contributed by atoms with Gasteiger partial charge in [-0.05, 0) is 68.8 Å². The van der Waals surface area contributed by atoms with Gasteiger partial charge in [0.15, 0.2) is 0 Å². The van der Waals surface area contributed by atoms with Crippen molar-refractivity contribution in [2.75, 3.05) is 19.7 Å². The molecule has 1 saturated heterocycles. The Morgan fingerprint density at radius 1 is 1.06 bits per heavy atom. The van der Waals surface area contributed by atoms with Crippen LogP contribution in [0.15, 0.2) is 36.4 Å². The minimum absolute atomic E-state index is 0.0478. The number of esters is 1. The number of hydrogen-bond donors (Lipinski definition) is 1. The van der Waals surface area contributed by atoms with Crippen LogP contribution in [0.2, 0.25) is 0 Å². The van der Waals surface area contributed by atoms with Gasteiger partial charge in [-0.2, -0.15) is 13.2 Å². The van der Waals surface area contributed by atoms with Crippen LogP contribution in [0.3, 0.4) is 0 Å². The Morgan fingerprint density at radius 2 is 1.76 bits per heavy atom. The standard InChI is InChI=1S/C19H23NO3.C7H11F3/c1-2-23-19(22)15-8-10-20(11-9-15)13-14-6-7-17-16(12-14)4-3-5-18(17)21;8-7(9,10)6-4-2-1-3-5-6/h3-7,12,15,21H,2,8-11,13H2,1H3;6H,1-5H2. The summed E-state index contributed by atoms with van der Waals surface area (Å²) in [6.07, 6.45) is 0.995. The van der Waals surface area contributed by atoms with Gasteiger partial charge in [-0.25, -0.2) is 0 Å². The molecule has 7 heteroatoms. The van der Waals surface area contributed by atoms with Crippen molar-refractivity contribution in [3.63, 3.8) is 0 Å². The molecule has 1 aliphatic heterocycles. The van der Waals surface area contributed by atoms with Crippen molar-refractivity contribution in [1.82, 2.24) is 4.90 Å². The van der Waals surface area contributed by atoms with Gasteiger partial charge in [-0.15, -0.1) is 0 Å². The highest BCUT2D eigenvalue weighted by molar-refractivity contribution is 5.88. The summed E-state index contributed by atoms with van der Waals surface area (Å²) in [6, 6.07) is 11.8. The number of aromatic hydroxyl groups is 1. The zero-order valence-corrected chi connectivity index (χ0v) is 19.2. The van der Waals surface area contributed by atoms with E-state index in [2.05, 4.69) is 17.0 Å². The minimum atomic E-state index is -3.93. The smallest absolute Gasteiger partial charge is 0.391 e. The van der Waals surface area contributed by atoms with Crippen molar-refractivity contribution in [3.8, 4) is 5.75 Å². The van der Waals surface area contributed by atoms with Crippen LogP contribution in [0.5, 0.6) is 5.75 Å². The van der Waals surface area contributed by atoms with E-state index in [1.807, 2.05) is 25.1 Å². The fourth-order valence-corrected chi connectivity index (χ4v) is 4.69. The molecule has 0 radical (unpaired) electrons. The normalized spacial score (nSPS) is 18.5. The molecule has 2 aliphatic rings. The van der Waals surface area contributed by atoms with Crippen molar-refractivity contribution >= 4 is 16.7 Å². The topological polar surface area (TPSA) is 49.8 Å². The Balaban J connectivity index is 0.000000257. The molecule has 0 amide bonds. The maximum absolute atomic E-state index is 11.9. The lowest BCUT2D eigenvalue weighted by molar-refractivity contribution is -0.181. The molecule has 0 aromatic heterocycles. The Kier molecular flexibility index (Phi) is 9.01. The average Bonchev–Trinajstić information content (AvgIpc) is 2.80. The number of rotatable bonds is 4. The third-order valence-corrected chi connectivity index (χ3v) is 6.60. The second kappa shape index (κ2) is 11.7. The third kappa shape index (κ3) is 7.36. The fourth-order valence-electron chi connectivity index (χ4n) is 4.69. The van der Waals surface area contributed by atoms with E-state index in [1.165, 1.54) is 5.56 Å². The van der Waals surface area contributed by atoms with E-state index in [4.69, 9.17) is 4.74 Å². The molecule has 1 aliphatic carbocycles. The number of halogens is 3. The number of ether oxygens (including phenoxy) is 1. The van der Waals surface area contributed by atoms with E-state index in [9.17, 15) is 23.1 Å². The Labute approximate surface area is 193 Å². The minimum Gasteiger partial charge on any atom is -0.507 e. The summed E-state index contributed by atoms with van der Waals surface area (Å²) >= 11 is 0. The third-order valence-electron chi connectivity index (χ3n) is 6.60. The monoisotopic (exact) mass is 465 g/mol. The molecule has 2 aromatic carbocycles. The van der Waals surface area contributed by atoms with Crippen molar-refractivity contribution < 1.29 is 27.8 Å². The number of carbonyl (C=O) groups is 1. The number of hydrogen-bond acceptors (Lipinski definition) is 4. The predicted octanol–water partition coefficient (Wildman–Crippen LogP) is 6.45. The first-order chi connectivity index (χ1) is 15.8. The van der Waals surface area contributed by atoms with Gasteiger partial charge < -0.3 is 9.84 Å². The first kappa shape index (κ1) is 25.3. The summed E-state index contributed by atoms with van der Waals surface area (Å²) < 4.78 is 40.9. The molecular weight excluding hydrogens is 431 g/mol. The number of benzene rings is 2. The molecule has 0 atom stereocenters. The molecular formula is C26H34F3NO3. The molecule has 0 unspecified atom stereocenters. The molecule has 2 aromatic rings. The lowest BCUT2D eigenvalue weighted by atomic mass is 9.89. The molecule has 4 nitrogen and oxygen atoms in total. The van der Waals surface area contributed by atoms with Crippen LogP contribution in [0, 0.1) is 11.8 Å². The molecule has 0 spiro atoms. The number of fused-ring (bicyclic) bond motifs is 1. The van der Waals surface area contributed by atoms with Gasteiger partial charge in [0.2, 0.25) is 0 Å². The van der Waals surface area contributed by atoms with Crippen molar-refractivity contribution in [3.05, 3.63) is 42.0 Å². The average molecular weight is 466 g/mol. The summed E-state index contributed by atoms with van der Waals surface area (Å²) in [7, 11) is 0. The van der Waals surface area contributed by atoms with Crippen LogP contribution in [0.1, 0.15) is 57.4 Å². The quantitative estimate of drug-likeness (QED) is 0.527. The van der Waals surface area contributed by atoms with E-state index in [1.54, 1.807) is 6.07 Å². The first-order valence-corrected chi connectivity index (χ1v) is 11.9. The summed E-state index contributed by atoms with van der Waals surface area (Å²) in [5, 5.41) is 11.8. The Morgan fingerprint density at radius 3 is 2.36 bits per heavy atom. The van der Waals surface area contributed by atoms with Crippen LogP contribution < -0.4 is 0 Å². The second-order valence-corrected chi connectivity index (χ2v) is 9.01. The van der Waals surface area contributed by atoms with Crippen molar-refractivity contribution in [1.29, 1.82) is 0 Å². The maximum Gasteiger partial charge on any atom is 0.391 e. The second-order valence-electron chi connectivity index (χ2n) is 9.01. The number of piperidine rings is 1. The van der Waals surface area contributed by atoms with Gasteiger partial charge >= 0.3 is 12.1 Å². The Bertz CT molecular complexity index is 901. The van der Waals surface area contributed by atoms with Crippen LogP contribution in [-0.4, -0.2) is 41.8 Å². The van der Waals surface area contributed by atoms with E-state index in [-0.39, 0.29) is 11.9 Å². The lowest BCUT2D eigenvalue weighted by Crippen LogP contribution is -2.36. The van der Waals surface area contributed by atoms with E-state index in [0.717, 1.165) is 62.5 Å². The van der Waals surface area contributed by atoms with Crippen LogP contribution in [0.4, 0.5) is 13.2 Å². The molecule has 1 heterocycles. The predicted molar refractivity (Wildman–Crippen MR) is 123 cm³/mol. The molecule has 182 valence electrons. The van der Waals surface area contributed by atoms with E-state index >= 15 is 0 Å². The van der Waals surface area contributed by atoms with E-state index in [0.29, 0.717) is 25.2 Å². The summed E-state index contributed by atoms with van der Waals surface area (Å²) in [4.78, 5) is 14.2. The van der Waals surface area contributed by atoms with Crippen molar-refractivity contribution in [2.45, 2.75) is 64.6 Å². The molecule has 1 N–H and O–H groups in total. The number of carbonyl (C=O) groups excluding carboxylic acids is 1.